The van der Waals surface area contributed by atoms with Crippen molar-refractivity contribution in [2.24, 2.45) is 0 Å². The minimum Gasteiger partial charge on any atom is -0.325 e. The lowest BCUT2D eigenvalue weighted by Crippen LogP contribution is -2.30. The van der Waals surface area contributed by atoms with Gasteiger partial charge in [-0.25, -0.2) is 13.1 Å². The van der Waals surface area contributed by atoms with E-state index in [9.17, 15) is 13.2 Å². The Hall–Kier alpha value is -1.54. The van der Waals surface area contributed by atoms with Crippen molar-refractivity contribution >= 4 is 45.0 Å². The van der Waals surface area contributed by atoms with E-state index >= 15 is 0 Å². The van der Waals surface area contributed by atoms with Gasteiger partial charge >= 0.3 is 0 Å². The van der Waals surface area contributed by atoms with Crippen LogP contribution in [0.25, 0.3) is 0 Å². The van der Waals surface area contributed by atoms with Crippen molar-refractivity contribution in [2.75, 3.05) is 5.32 Å². The molecular weight excluding hydrogens is 392 g/mol. The Morgan fingerprint density at radius 3 is 2.12 bits per heavy atom. The van der Waals surface area contributed by atoms with E-state index in [1.54, 1.807) is 45.0 Å². The number of benzene rings is 2. The van der Waals surface area contributed by atoms with Gasteiger partial charge in [0.25, 0.3) is 0 Å². The molecule has 0 aromatic heterocycles. The van der Waals surface area contributed by atoms with Gasteiger partial charge in [-0.3, -0.25) is 4.79 Å². The van der Waals surface area contributed by atoms with Crippen LogP contribution >= 0.6 is 23.4 Å². The third-order valence-electron chi connectivity index (χ3n) is 3.32. The number of carbonyl (C=O) groups excluding carboxylic acids is 1. The van der Waals surface area contributed by atoms with Crippen LogP contribution in [0.15, 0.2) is 58.3 Å². The third kappa shape index (κ3) is 6.02. The second kappa shape index (κ2) is 8.90. The smallest absolute Gasteiger partial charge is 0.240 e. The standard InChI is InChI=1S/C18H21ClN2O3S2/c1-12(2)21-26(23,24)17-10-6-15(7-11-17)20-18(22)13(3)25-16-8-4-14(19)5-9-16/h4-13,21H,1-3H3,(H,20,22)/t13-/m0/s1. The lowest BCUT2D eigenvalue weighted by atomic mass is 10.3. The van der Waals surface area contributed by atoms with E-state index in [-0.39, 0.29) is 22.1 Å². The zero-order valence-corrected chi connectivity index (χ0v) is 17.1. The fourth-order valence-electron chi connectivity index (χ4n) is 2.11. The Balaban J connectivity index is 1.99. The molecule has 0 saturated heterocycles. The fourth-order valence-corrected chi connectivity index (χ4v) is 4.35. The molecule has 0 spiro atoms. The molecule has 0 aliphatic carbocycles. The van der Waals surface area contributed by atoms with E-state index in [2.05, 4.69) is 10.0 Å². The number of hydrogen-bond acceptors (Lipinski definition) is 4. The minimum atomic E-state index is -3.54. The molecule has 1 atom stereocenters. The van der Waals surface area contributed by atoms with Crippen molar-refractivity contribution < 1.29 is 13.2 Å². The summed E-state index contributed by atoms with van der Waals surface area (Å²) in [5.41, 5.74) is 0.544. The van der Waals surface area contributed by atoms with Gasteiger partial charge in [-0.15, -0.1) is 11.8 Å². The molecule has 0 saturated carbocycles. The predicted octanol–water partition coefficient (Wildman–Crippen LogP) is 4.15. The summed E-state index contributed by atoms with van der Waals surface area (Å²) in [6.07, 6.45) is 0. The maximum atomic E-state index is 12.3. The van der Waals surface area contributed by atoms with Gasteiger partial charge in [0.05, 0.1) is 10.1 Å². The first-order valence-corrected chi connectivity index (χ1v) is 10.8. The maximum absolute atomic E-state index is 12.3. The molecule has 0 heterocycles. The fraction of sp³-hybridized carbons (Fsp3) is 0.278. The topological polar surface area (TPSA) is 75.3 Å². The van der Waals surface area contributed by atoms with Gasteiger partial charge in [-0.05, 0) is 69.3 Å². The van der Waals surface area contributed by atoms with Crippen molar-refractivity contribution in [3.8, 4) is 0 Å². The molecule has 0 bridgehead atoms. The van der Waals surface area contributed by atoms with Crippen LogP contribution in [-0.4, -0.2) is 25.6 Å². The van der Waals surface area contributed by atoms with E-state index in [0.29, 0.717) is 10.7 Å². The zero-order chi connectivity index (χ0) is 19.3. The van der Waals surface area contributed by atoms with Gasteiger partial charge < -0.3 is 5.32 Å². The highest BCUT2D eigenvalue weighted by molar-refractivity contribution is 8.00. The van der Waals surface area contributed by atoms with Crippen LogP contribution < -0.4 is 10.0 Å². The van der Waals surface area contributed by atoms with E-state index < -0.39 is 10.0 Å². The van der Waals surface area contributed by atoms with Gasteiger partial charge in [-0.1, -0.05) is 11.6 Å². The van der Waals surface area contributed by atoms with Gasteiger partial charge in [0.2, 0.25) is 15.9 Å². The van der Waals surface area contributed by atoms with E-state index in [1.165, 1.54) is 23.9 Å². The normalized spacial score (nSPS) is 12.8. The van der Waals surface area contributed by atoms with E-state index in [4.69, 9.17) is 11.6 Å². The quantitative estimate of drug-likeness (QED) is 0.670. The Morgan fingerprint density at radius 2 is 1.58 bits per heavy atom. The summed E-state index contributed by atoms with van der Waals surface area (Å²) in [5.74, 6) is -0.166. The molecular formula is C18H21ClN2O3S2. The van der Waals surface area contributed by atoms with Crippen LogP contribution in [0.1, 0.15) is 20.8 Å². The summed E-state index contributed by atoms with van der Waals surface area (Å²) in [4.78, 5) is 13.4. The number of thioether (sulfide) groups is 1. The second-order valence-electron chi connectivity index (χ2n) is 6.00. The number of sulfonamides is 1. The van der Waals surface area contributed by atoms with Gasteiger partial charge in [0.15, 0.2) is 0 Å². The number of anilines is 1. The second-order valence-corrected chi connectivity index (χ2v) is 9.57. The summed E-state index contributed by atoms with van der Waals surface area (Å²) >= 11 is 7.27. The largest absolute Gasteiger partial charge is 0.325 e. The summed E-state index contributed by atoms with van der Waals surface area (Å²) in [6.45, 7) is 5.32. The molecule has 2 rings (SSSR count). The number of halogens is 1. The molecule has 2 aromatic carbocycles. The van der Waals surface area contributed by atoms with Crippen molar-refractivity contribution in [3.63, 3.8) is 0 Å². The van der Waals surface area contributed by atoms with Crippen molar-refractivity contribution in [1.29, 1.82) is 0 Å². The number of rotatable bonds is 7. The van der Waals surface area contributed by atoms with Crippen molar-refractivity contribution in [1.82, 2.24) is 4.72 Å². The summed E-state index contributed by atoms with van der Waals surface area (Å²) < 4.78 is 26.7. The Morgan fingerprint density at radius 1 is 1.00 bits per heavy atom. The van der Waals surface area contributed by atoms with Crippen LogP contribution in [0.2, 0.25) is 5.02 Å². The van der Waals surface area contributed by atoms with Crippen molar-refractivity contribution in [2.45, 2.75) is 41.9 Å². The third-order valence-corrected chi connectivity index (χ3v) is 6.36. The number of nitrogens with one attached hydrogen (secondary N) is 2. The first-order chi connectivity index (χ1) is 12.2. The molecule has 2 aromatic rings. The van der Waals surface area contributed by atoms with E-state index in [1.807, 2.05) is 12.1 Å². The SMILES string of the molecule is CC(C)NS(=O)(=O)c1ccc(NC(=O)[C@H](C)Sc2ccc(Cl)cc2)cc1. The molecule has 0 aliphatic rings. The monoisotopic (exact) mass is 412 g/mol. The average molecular weight is 413 g/mol. The zero-order valence-electron chi connectivity index (χ0n) is 14.7. The molecule has 0 unspecified atom stereocenters. The molecule has 26 heavy (non-hydrogen) atoms. The molecule has 0 fully saturated rings. The molecule has 5 nitrogen and oxygen atoms in total. The highest BCUT2D eigenvalue weighted by atomic mass is 35.5. The summed E-state index contributed by atoms with van der Waals surface area (Å²) in [5, 5.41) is 3.12. The maximum Gasteiger partial charge on any atom is 0.240 e. The predicted molar refractivity (Wildman–Crippen MR) is 107 cm³/mol. The summed E-state index contributed by atoms with van der Waals surface area (Å²) in [7, 11) is -3.54. The van der Waals surface area contributed by atoms with Gasteiger partial charge in [-0.2, -0.15) is 0 Å². The van der Waals surface area contributed by atoms with Crippen LogP contribution in [-0.2, 0) is 14.8 Å². The molecule has 1 amide bonds. The Kier molecular flexibility index (Phi) is 7.11. The van der Waals surface area contributed by atoms with Crippen molar-refractivity contribution in [3.05, 3.63) is 53.6 Å². The highest BCUT2D eigenvalue weighted by Gasteiger charge is 2.17. The first-order valence-electron chi connectivity index (χ1n) is 8.03. The number of hydrogen-bond donors (Lipinski definition) is 2. The van der Waals surface area contributed by atoms with Gasteiger partial charge in [0.1, 0.15) is 0 Å². The molecule has 8 heteroatoms. The van der Waals surface area contributed by atoms with Crippen LogP contribution in [0.4, 0.5) is 5.69 Å². The van der Waals surface area contributed by atoms with Crippen LogP contribution in [0.5, 0.6) is 0 Å². The first kappa shape index (κ1) is 20.8. The molecule has 0 aliphatic heterocycles. The average Bonchev–Trinajstić information content (AvgIpc) is 2.56. The van der Waals surface area contributed by atoms with Crippen LogP contribution in [0.3, 0.4) is 0 Å². The number of carbonyl (C=O) groups is 1. The number of amides is 1. The summed E-state index contributed by atoms with van der Waals surface area (Å²) in [6, 6.07) is 13.2. The molecule has 0 radical (unpaired) electrons. The van der Waals surface area contributed by atoms with Gasteiger partial charge in [0, 0.05) is 21.6 Å². The lowest BCUT2D eigenvalue weighted by molar-refractivity contribution is -0.115. The minimum absolute atomic E-state index is 0.160. The van der Waals surface area contributed by atoms with E-state index in [0.717, 1.165) is 4.90 Å². The Bertz CT molecular complexity index is 851. The highest BCUT2D eigenvalue weighted by Crippen LogP contribution is 2.25. The molecule has 2 N–H and O–H groups in total. The van der Waals surface area contributed by atoms with Crippen LogP contribution in [0, 0.1) is 0 Å². The Labute approximate surface area is 163 Å². The molecule has 140 valence electrons. The lowest BCUT2D eigenvalue weighted by Gasteiger charge is -2.13.